The highest BCUT2D eigenvalue weighted by atomic mass is 32.2. The van der Waals surface area contributed by atoms with Gasteiger partial charge in [-0.1, -0.05) is 30.3 Å². The molecule has 0 aromatic heterocycles. The molecular formula is C34H30N4O6S2. The Kier molecular flexibility index (Phi) is 10.1. The van der Waals surface area contributed by atoms with Gasteiger partial charge >= 0.3 is 22.2 Å². The maximum absolute atomic E-state index is 13.0. The van der Waals surface area contributed by atoms with Crippen LogP contribution in [-0.4, -0.2) is 20.5 Å². The van der Waals surface area contributed by atoms with Gasteiger partial charge in [-0.05, 0) is 116 Å². The molecule has 234 valence electrons. The van der Waals surface area contributed by atoms with Crippen molar-refractivity contribution in [2.45, 2.75) is 23.6 Å². The van der Waals surface area contributed by atoms with Gasteiger partial charge in [-0.2, -0.15) is 8.42 Å². The van der Waals surface area contributed by atoms with Gasteiger partial charge in [-0.25, -0.2) is 9.59 Å². The van der Waals surface area contributed by atoms with Crippen LogP contribution in [0.5, 0.6) is 11.5 Å². The first-order valence-electron chi connectivity index (χ1n) is 14.0. The monoisotopic (exact) mass is 654 g/mol. The molecule has 0 atom stereocenters. The molecule has 10 nitrogen and oxygen atoms in total. The van der Waals surface area contributed by atoms with Crippen molar-refractivity contribution in [2.24, 2.45) is 0 Å². The maximum atomic E-state index is 13.0. The summed E-state index contributed by atoms with van der Waals surface area (Å²) in [6, 6.07) is 33.0. The fourth-order valence-corrected chi connectivity index (χ4v) is 5.84. The number of anilines is 4. The molecule has 4 amide bonds. The van der Waals surface area contributed by atoms with Gasteiger partial charge < -0.3 is 29.6 Å². The highest BCUT2D eigenvalue weighted by molar-refractivity contribution is 7.95. The Morgan fingerprint density at radius 2 is 1.04 bits per heavy atom. The average Bonchev–Trinajstić information content (AvgIpc) is 3.02. The van der Waals surface area contributed by atoms with Crippen LogP contribution in [0.15, 0.2) is 131 Å². The predicted octanol–water partition coefficient (Wildman–Crippen LogP) is 8.45. The largest absolute Gasteiger partial charge is 0.421 e. The summed E-state index contributed by atoms with van der Waals surface area (Å²) in [5.74, 6) is 0.584. The number of nitrogens with one attached hydrogen (secondary N) is 4. The van der Waals surface area contributed by atoms with Crippen LogP contribution in [-0.2, 0) is 10.1 Å². The van der Waals surface area contributed by atoms with Crippen LogP contribution in [0.25, 0.3) is 0 Å². The summed E-state index contributed by atoms with van der Waals surface area (Å²) in [6.07, 6.45) is 0. The molecule has 0 aliphatic rings. The predicted molar refractivity (Wildman–Crippen MR) is 181 cm³/mol. The van der Waals surface area contributed by atoms with Gasteiger partial charge in [0.2, 0.25) is 0 Å². The summed E-state index contributed by atoms with van der Waals surface area (Å²) >= 11 is 0.976. The first-order chi connectivity index (χ1) is 22.1. The van der Waals surface area contributed by atoms with Crippen molar-refractivity contribution in [3.05, 3.63) is 132 Å². The zero-order chi connectivity index (χ0) is 32.5. The third-order valence-electron chi connectivity index (χ3n) is 6.31. The minimum absolute atomic E-state index is 0.0556. The topological polar surface area (TPSA) is 135 Å². The molecule has 5 aromatic rings. The van der Waals surface area contributed by atoms with Gasteiger partial charge in [0, 0.05) is 27.6 Å². The Balaban J connectivity index is 1.12. The zero-order valence-corrected chi connectivity index (χ0v) is 26.4. The highest BCUT2D eigenvalue weighted by Crippen LogP contribution is 2.28. The molecule has 4 N–H and O–H groups in total. The van der Waals surface area contributed by atoms with E-state index >= 15 is 0 Å². The summed E-state index contributed by atoms with van der Waals surface area (Å²) in [4.78, 5) is 25.1. The van der Waals surface area contributed by atoms with Crippen LogP contribution in [0, 0.1) is 13.8 Å². The van der Waals surface area contributed by atoms with Gasteiger partial charge in [0.15, 0.2) is 0 Å². The molecule has 46 heavy (non-hydrogen) atoms. The Labute approximate surface area is 271 Å². The fraction of sp³-hybridized carbons (Fsp3) is 0.0588. The van der Waals surface area contributed by atoms with Gasteiger partial charge in [-0.15, -0.1) is 0 Å². The second-order valence-corrected chi connectivity index (χ2v) is 12.5. The van der Waals surface area contributed by atoms with Crippen LogP contribution in [0.1, 0.15) is 11.1 Å². The zero-order valence-electron chi connectivity index (χ0n) is 24.8. The number of rotatable bonds is 10. The minimum atomic E-state index is -4.16. The van der Waals surface area contributed by atoms with Crippen LogP contribution in [0.3, 0.4) is 0 Å². The third-order valence-corrected chi connectivity index (χ3v) is 8.28. The van der Waals surface area contributed by atoms with Gasteiger partial charge in [-0.3, -0.25) is 0 Å². The average molecular weight is 655 g/mol. The number of hydrogen-bond acceptors (Lipinski definition) is 7. The Bertz CT molecular complexity index is 1950. The van der Waals surface area contributed by atoms with E-state index in [0.29, 0.717) is 33.4 Å². The van der Waals surface area contributed by atoms with E-state index in [9.17, 15) is 18.0 Å². The van der Waals surface area contributed by atoms with Crippen molar-refractivity contribution in [1.29, 1.82) is 0 Å². The lowest BCUT2D eigenvalue weighted by atomic mass is 10.2. The van der Waals surface area contributed by atoms with Gasteiger partial charge in [0.1, 0.15) is 16.4 Å². The van der Waals surface area contributed by atoms with E-state index in [-0.39, 0.29) is 16.7 Å². The lowest BCUT2D eigenvalue weighted by Crippen LogP contribution is -2.19. The standard InChI is InChI=1S/C34H30N4O6S2/c1-23-6-3-8-27(20-23)37-33(39)35-25-12-16-29(17-13-25)43-45-31-10-5-11-32(22-31)46(41,42)44-30-18-14-26(15-19-30)36-34(40)38-28-9-4-7-24(2)21-28/h3-22H,1-2H3,(H2,35,37,39)(H2,36,38,40). The molecule has 0 unspecified atom stereocenters. The normalized spacial score (nSPS) is 10.8. The maximum Gasteiger partial charge on any atom is 0.339 e. The summed E-state index contributed by atoms with van der Waals surface area (Å²) in [6.45, 7) is 3.87. The van der Waals surface area contributed by atoms with E-state index in [4.69, 9.17) is 8.37 Å². The molecule has 12 heteroatoms. The van der Waals surface area contributed by atoms with Crippen LogP contribution < -0.4 is 29.6 Å². The van der Waals surface area contributed by atoms with E-state index in [1.807, 2.05) is 50.2 Å². The number of hydrogen-bond donors (Lipinski definition) is 4. The van der Waals surface area contributed by atoms with Crippen molar-refractivity contribution in [2.75, 3.05) is 21.3 Å². The smallest absolute Gasteiger partial charge is 0.339 e. The molecule has 5 rings (SSSR count). The van der Waals surface area contributed by atoms with Gasteiger partial charge in [0.05, 0.1) is 12.0 Å². The molecule has 0 spiro atoms. The van der Waals surface area contributed by atoms with Crippen molar-refractivity contribution < 1.29 is 26.4 Å². The number of benzene rings is 5. The third kappa shape index (κ3) is 9.27. The highest BCUT2D eigenvalue weighted by Gasteiger charge is 2.18. The van der Waals surface area contributed by atoms with E-state index in [2.05, 4.69) is 21.3 Å². The van der Waals surface area contributed by atoms with Crippen LogP contribution in [0.2, 0.25) is 0 Å². The number of urea groups is 2. The van der Waals surface area contributed by atoms with E-state index < -0.39 is 16.1 Å². The lowest BCUT2D eigenvalue weighted by Gasteiger charge is -2.11. The molecule has 0 saturated heterocycles. The summed E-state index contributed by atoms with van der Waals surface area (Å²) in [5, 5.41) is 11.0. The summed E-state index contributed by atoms with van der Waals surface area (Å²) < 4.78 is 37.0. The Hall–Kier alpha value is -5.46. The minimum Gasteiger partial charge on any atom is -0.421 e. The molecule has 0 radical (unpaired) electrons. The number of carbonyl (C=O) groups excluding carboxylic acids is 2. The molecule has 0 aliphatic heterocycles. The van der Waals surface area contributed by atoms with E-state index in [1.165, 1.54) is 36.4 Å². The summed E-state index contributed by atoms with van der Waals surface area (Å²) in [5.41, 5.74) is 4.42. The molecule has 0 saturated carbocycles. The molecule has 0 fully saturated rings. The van der Waals surface area contributed by atoms with Crippen LogP contribution >= 0.6 is 12.0 Å². The number of aryl methyl sites for hydroxylation is 2. The second-order valence-electron chi connectivity index (χ2n) is 10.1. The van der Waals surface area contributed by atoms with Crippen molar-refractivity contribution in [3.63, 3.8) is 0 Å². The molecule has 0 bridgehead atoms. The van der Waals surface area contributed by atoms with E-state index in [0.717, 1.165) is 23.2 Å². The van der Waals surface area contributed by atoms with Crippen LogP contribution in [0.4, 0.5) is 32.3 Å². The lowest BCUT2D eigenvalue weighted by molar-refractivity contribution is 0.261. The molecular weight excluding hydrogens is 625 g/mol. The number of carbonyl (C=O) groups is 2. The SMILES string of the molecule is Cc1cccc(NC(=O)Nc2ccc(OSc3cccc(S(=O)(=O)Oc4ccc(NC(=O)Nc5cccc(C)c5)cc4)c3)cc2)c1. The van der Waals surface area contributed by atoms with Crippen molar-refractivity contribution in [3.8, 4) is 11.5 Å². The molecule has 0 aliphatic carbocycles. The Morgan fingerprint density at radius 1 is 0.565 bits per heavy atom. The first kappa shape index (κ1) is 31.9. The van der Waals surface area contributed by atoms with E-state index in [1.54, 1.807) is 48.5 Å². The second kappa shape index (κ2) is 14.5. The number of amides is 4. The van der Waals surface area contributed by atoms with Crippen molar-refractivity contribution in [1.82, 2.24) is 0 Å². The Morgan fingerprint density at radius 3 is 1.57 bits per heavy atom. The van der Waals surface area contributed by atoms with Gasteiger partial charge in [0.25, 0.3) is 0 Å². The fourth-order valence-electron chi connectivity index (χ4n) is 4.17. The molecule has 5 aromatic carbocycles. The first-order valence-corrected chi connectivity index (χ1v) is 16.1. The summed E-state index contributed by atoms with van der Waals surface area (Å²) in [7, 11) is -4.16. The van der Waals surface area contributed by atoms with Crippen molar-refractivity contribution >= 4 is 57.0 Å². The molecule has 0 heterocycles. The quantitative estimate of drug-likeness (QED) is 0.0877.